The fourth-order valence-corrected chi connectivity index (χ4v) is 3.61. The number of hydrogen-bond acceptors (Lipinski definition) is 2. The molecule has 0 spiro atoms. The summed E-state index contributed by atoms with van der Waals surface area (Å²) >= 11 is 0. The van der Waals surface area contributed by atoms with Gasteiger partial charge >= 0.3 is 0 Å². The number of hydrogen-bond donors (Lipinski definition) is 0. The summed E-state index contributed by atoms with van der Waals surface area (Å²) in [5.74, 6) is 1.35. The molecule has 0 heterocycles. The van der Waals surface area contributed by atoms with Crippen LogP contribution in [0.3, 0.4) is 0 Å². The van der Waals surface area contributed by atoms with Crippen molar-refractivity contribution >= 4 is 22.1 Å². The maximum Gasteiger partial charge on any atom is 0.162 e. The normalized spacial score (nSPS) is 18.1. The third-order valence-electron chi connectivity index (χ3n) is 5.01. The zero-order valence-electron chi connectivity index (χ0n) is 14.5. The molecule has 0 bridgehead atoms. The predicted octanol–water partition coefficient (Wildman–Crippen LogP) is 5.57. The molecule has 0 aromatic heterocycles. The van der Waals surface area contributed by atoms with Crippen LogP contribution in [0.25, 0.3) is 16.3 Å². The molecule has 2 aromatic carbocycles. The van der Waals surface area contributed by atoms with E-state index in [1.165, 1.54) is 11.0 Å². The average Bonchev–Trinajstić information content (AvgIpc) is 2.62. The number of ketones is 1. The number of ether oxygens (including phenoxy) is 1. The predicted molar refractivity (Wildman–Crippen MR) is 100 cm³/mol. The van der Waals surface area contributed by atoms with Gasteiger partial charge in [0.1, 0.15) is 5.75 Å². The van der Waals surface area contributed by atoms with Gasteiger partial charge in [-0.3, -0.25) is 4.79 Å². The van der Waals surface area contributed by atoms with Gasteiger partial charge in [0.2, 0.25) is 0 Å². The Kier molecular flexibility index (Phi) is 4.84. The van der Waals surface area contributed by atoms with E-state index in [0.717, 1.165) is 41.5 Å². The average molecular weight is 320 g/mol. The van der Waals surface area contributed by atoms with Crippen LogP contribution in [-0.2, 0) is 4.79 Å². The van der Waals surface area contributed by atoms with E-state index in [2.05, 4.69) is 37.8 Å². The second kappa shape index (κ2) is 7.04. The van der Waals surface area contributed by atoms with Crippen molar-refractivity contribution in [1.82, 2.24) is 0 Å². The zero-order valence-corrected chi connectivity index (χ0v) is 14.5. The van der Waals surface area contributed by atoms with Crippen molar-refractivity contribution in [2.24, 2.45) is 5.92 Å². The summed E-state index contributed by atoms with van der Waals surface area (Å²) in [5.41, 5.74) is 3.31. The van der Waals surface area contributed by atoms with E-state index in [1.54, 1.807) is 7.11 Å². The van der Waals surface area contributed by atoms with Crippen molar-refractivity contribution < 1.29 is 9.53 Å². The molecule has 0 fully saturated rings. The molecule has 0 saturated carbocycles. The second-order valence-electron chi connectivity index (χ2n) is 6.39. The van der Waals surface area contributed by atoms with Crippen LogP contribution < -0.4 is 4.74 Å². The number of methoxy groups -OCH3 is 1. The fourth-order valence-electron chi connectivity index (χ4n) is 3.61. The highest BCUT2D eigenvalue weighted by Crippen LogP contribution is 2.37. The van der Waals surface area contributed by atoms with E-state index in [0.29, 0.717) is 12.2 Å². The number of benzene rings is 2. The molecule has 1 aliphatic rings. The van der Waals surface area contributed by atoms with Crippen molar-refractivity contribution in [2.45, 2.75) is 32.6 Å². The van der Waals surface area contributed by atoms with E-state index in [-0.39, 0.29) is 5.92 Å². The van der Waals surface area contributed by atoms with Gasteiger partial charge in [-0.15, -0.1) is 6.58 Å². The minimum Gasteiger partial charge on any atom is -0.497 e. The van der Waals surface area contributed by atoms with E-state index >= 15 is 0 Å². The van der Waals surface area contributed by atoms with Crippen LogP contribution in [0.15, 0.2) is 54.6 Å². The van der Waals surface area contributed by atoms with E-state index in [1.807, 2.05) is 18.2 Å². The third-order valence-corrected chi connectivity index (χ3v) is 5.01. The first-order valence-electron chi connectivity index (χ1n) is 8.63. The Balaban J connectivity index is 2.08. The molecule has 24 heavy (non-hydrogen) atoms. The van der Waals surface area contributed by atoms with Gasteiger partial charge in [-0.1, -0.05) is 31.2 Å². The Morgan fingerprint density at radius 3 is 2.67 bits per heavy atom. The highest BCUT2D eigenvalue weighted by Gasteiger charge is 2.28. The minimum absolute atomic E-state index is 0.174. The van der Waals surface area contributed by atoms with Gasteiger partial charge < -0.3 is 4.74 Å². The van der Waals surface area contributed by atoms with Gasteiger partial charge in [0.25, 0.3) is 0 Å². The molecule has 2 aromatic rings. The number of carbonyl (C=O) groups is 1. The Morgan fingerprint density at radius 2 is 1.96 bits per heavy atom. The lowest BCUT2D eigenvalue weighted by Crippen LogP contribution is -2.21. The molecule has 0 amide bonds. The molecule has 1 aliphatic carbocycles. The second-order valence-corrected chi connectivity index (χ2v) is 6.39. The first-order valence-corrected chi connectivity index (χ1v) is 8.63. The first kappa shape index (κ1) is 16.5. The van der Waals surface area contributed by atoms with Crippen LogP contribution >= 0.6 is 0 Å². The van der Waals surface area contributed by atoms with Crippen molar-refractivity contribution in [3.05, 3.63) is 60.2 Å². The Bertz CT molecular complexity index is 814. The van der Waals surface area contributed by atoms with Crippen LogP contribution in [0, 0.1) is 5.92 Å². The number of carbonyl (C=O) groups excluding carboxylic acids is 1. The molecule has 2 heteroatoms. The standard InChI is InChI=1S/C22H24O2/c1-4-6-21-20(12-10-15(5-2)22(21)23)18-8-7-17-14-19(24-3)11-9-16(17)13-18/h4,7-9,11,13-15H,1,5-6,10,12H2,2-3H3. The summed E-state index contributed by atoms with van der Waals surface area (Å²) in [6.07, 6.45) is 5.34. The van der Waals surface area contributed by atoms with Gasteiger partial charge in [-0.05, 0) is 65.8 Å². The summed E-state index contributed by atoms with van der Waals surface area (Å²) in [5, 5.41) is 2.32. The summed E-state index contributed by atoms with van der Waals surface area (Å²) in [4.78, 5) is 12.8. The third kappa shape index (κ3) is 3.01. The van der Waals surface area contributed by atoms with Crippen molar-refractivity contribution in [3.63, 3.8) is 0 Å². The summed E-state index contributed by atoms with van der Waals surface area (Å²) in [6, 6.07) is 12.5. The van der Waals surface area contributed by atoms with Crippen LogP contribution in [0.1, 0.15) is 38.2 Å². The van der Waals surface area contributed by atoms with Gasteiger partial charge in [0.15, 0.2) is 5.78 Å². The fraction of sp³-hybridized carbons (Fsp3) is 0.318. The lowest BCUT2D eigenvalue weighted by molar-refractivity contribution is -0.119. The quantitative estimate of drug-likeness (QED) is 0.673. The maximum atomic E-state index is 12.8. The van der Waals surface area contributed by atoms with Gasteiger partial charge in [-0.25, -0.2) is 0 Å². The van der Waals surface area contributed by atoms with Crippen LogP contribution in [0.5, 0.6) is 5.75 Å². The molecule has 0 N–H and O–H groups in total. The monoisotopic (exact) mass is 320 g/mol. The van der Waals surface area contributed by atoms with Gasteiger partial charge in [0, 0.05) is 11.5 Å². The minimum atomic E-state index is 0.174. The lowest BCUT2D eigenvalue weighted by Gasteiger charge is -2.25. The van der Waals surface area contributed by atoms with E-state index in [9.17, 15) is 4.79 Å². The zero-order chi connectivity index (χ0) is 17.1. The van der Waals surface area contributed by atoms with E-state index in [4.69, 9.17) is 4.74 Å². The number of rotatable bonds is 5. The number of allylic oxidation sites excluding steroid dienone is 3. The van der Waals surface area contributed by atoms with Gasteiger partial charge in [0.05, 0.1) is 7.11 Å². The molecule has 1 atom stereocenters. The highest BCUT2D eigenvalue weighted by atomic mass is 16.5. The topological polar surface area (TPSA) is 26.3 Å². The largest absolute Gasteiger partial charge is 0.497 e. The molecular formula is C22H24O2. The molecular weight excluding hydrogens is 296 g/mol. The smallest absolute Gasteiger partial charge is 0.162 e. The molecule has 0 radical (unpaired) electrons. The molecule has 124 valence electrons. The molecule has 0 saturated heterocycles. The highest BCUT2D eigenvalue weighted by molar-refractivity contribution is 6.06. The van der Waals surface area contributed by atoms with Crippen molar-refractivity contribution in [1.29, 1.82) is 0 Å². The van der Waals surface area contributed by atoms with Crippen molar-refractivity contribution in [3.8, 4) is 5.75 Å². The SMILES string of the molecule is C=CCC1=C(c2ccc3cc(OC)ccc3c2)CCC(CC)C1=O. The lowest BCUT2D eigenvalue weighted by atomic mass is 9.78. The first-order chi connectivity index (χ1) is 11.7. The van der Waals surface area contributed by atoms with E-state index < -0.39 is 0 Å². The Labute approximate surface area is 143 Å². The number of fused-ring (bicyclic) bond motifs is 1. The Morgan fingerprint density at radius 1 is 1.21 bits per heavy atom. The number of Topliss-reactive ketones (excluding diaryl/α,β-unsaturated/α-hetero) is 1. The van der Waals surface area contributed by atoms with Crippen molar-refractivity contribution in [2.75, 3.05) is 7.11 Å². The maximum absolute atomic E-state index is 12.8. The Hall–Kier alpha value is -2.35. The summed E-state index contributed by atoms with van der Waals surface area (Å²) in [7, 11) is 1.68. The molecule has 0 aliphatic heterocycles. The van der Waals surface area contributed by atoms with Crippen LogP contribution in [-0.4, -0.2) is 12.9 Å². The summed E-state index contributed by atoms with van der Waals surface area (Å²) < 4.78 is 5.29. The summed E-state index contributed by atoms with van der Waals surface area (Å²) in [6.45, 7) is 5.94. The molecule has 2 nitrogen and oxygen atoms in total. The molecule has 3 rings (SSSR count). The van der Waals surface area contributed by atoms with Gasteiger partial charge in [-0.2, -0.15) is 0 Å². The van der Waals surface area contributed by atoms with Crippen LogP contribution in [0.2, 0.25) is 0 Å². The van der Waals surface area contributed by atoms with Crippen LogP contribution in [0.4, 0.5) is 0 Å². The molecule has 1 unspecified atom stereocenters.